The summed E-state index contributed by atoms with van der Waals surface area (Å²) in [4.78, 5) is 23.0. The van der Waals surface area contributed by atoms with Crippen LogP contribution in [0, 0.1) is 0 Å². The van der Waals surface area contributed by atoms with E-state index in [-0.39, 0.29) is 13.2 Å². The van der Waals surface area contributed by atoms with Crippen LogP contribution in [-0.2, 0) is 11.3 Å². The van der Waals surface area contributed by atoms with Crippen molar-refractivity contribution in [1.82, 2.24) is 0 Å². The summed E-state index contributed by atoms with van der Waals surface area (Å²) in [7, 11) is 0. The van der Waals surface area contributed by atoms with Gasteiger partial charge in [0.25, 0.3) is 0 Å². The predicted octanol–water partition coefficient (Wildman–Crippen LogP) is 3.14. The van der Waals surface area contributed by atoms with Crippen molar-refractivity contribution in [2.45, 2.75) is 13.5 Å². The van der Waals surface area contributed by atoms with E-state index in [0.29, 0.717) is 22.7 Å². The third-order valence-corrected chi connectivity index (χ3v) is 3.21. The average Bonchev–Trinajstić information content (AvgIpc) is 3.01. The highest BCUT2D eigenvalue weighted by Gasteiger charge is 2.16. The first-order chi connectivity index (χ1) is 11.2. The van der Waals surface area contributed by atoms with Crippen molar-refractivity contribution in [3.05, 3.63) is 64.4 Å². The molecule has 6 nitrogen and oxygen atoms in total. The van der Waals surface area contributed by atoms with Crippen molar-refractivity contribution in [3.63, 3.8) is 0 Å². The normalized spacial score (nSPS) is 10.7. The van der Waals surface area contributed by atoms with Gasteiger partial charge >= 0.3 is 11.6 Å². The number of hydrogen-bond acceptors (Lipinski definition) is 6. The Balaban J connectivity index is 1.77. The van der Waals surface area contributed by atoms with Crippen LogP contribution in [0.25, 0.3) is 11.0 Å². The quantitative estimate of drug-likeness (QED) is 0.532. The Morgan fingerprint density at radius 1 is 1.17 bits per heavy atom. The highest BCUT2D eigenvalue weighted by atomic mass is 16.5. The van der Waals surface area contributed by atoms with Crippen LogP contribution >= 0.6 is 0 Å². The smallest absolute Gasteiger partial charge is 0.341 e. The lowest BCUT2D eigenvalue weighted by atomic mass is 10.2. The number of benzene rings is 1. The maximum Gasteiger partial charge on any atom is 0.341 e. The molecule has 23 heavy (non-hydrogen) atoms. The molecule has 3 rings (SSSR count). The number of carbonyl (C=O) groups is 1. The van der Waals surface area contributed by atoms with E-state index in [0.717, 1.165) is 5.39 Å². The molecule has 0 aliphatic carbocycles. The maximum absolute atomic E-state index is 11.8. The standard InChI is InChI=1S/C17H14O6/c1-2-20-17(19)13-7-8-21-15(13)10-22-12-5-3-11-4-6-16(18)23-14(11)9-12/h3-9H,2,10H2,1H3. The second kappa shape index (κ2) is 6.39. The van der Waals surface area contributed by atoms with Crippen LogP contribution in [-0.4, -0.2) is 12.6 Å². The van der Waals surface area contributed by atoms with Crippen molar-refractivity contribution in [1.29, 1.82) is 0 Å². The number of hydrogen-bond donors (Lipinski definition) is 0. The van der Waals surface area contributed by atoms with Crippen molar-refractivity contribution in [3.8, 4) is 5.75 Å². The minimum Gasteiger partial charge on any atom is -0.485 e. The minimum atomic E-state index is -0.454. The van der Waals surface area contributed by atoms with Crippen molar-refractivity contribution < 1.29 is 23.1 Å². The molecule has 0 atom stereocenters. The first kappa shape index (κ1) is 14.9. The minimum absolute atomic E-state index is 0.0592. The maximum atomic E-state index is 11.8. The van der Waals surface area contributed by atoms with E-state index in [9.17, 15) is 9.59 Å². The molecule has 3 aromatic rings. The van der Waals surface area contributed by atoms with Crippen LogP contribution in [0.5, 0.6) is 5.75 Å². The molecular formula is C17H14O6. The van der Waals surface area contributed by atoms with Crippen LogP contribution in [0.1, 0.15) is 23.0 Å². The van der Waals surface area contributed by atoms with Gasteiger partial charge in [0.05, 0.1) is 12.9 Å². The van der Waals surface area contributed by atoms with Gasteiger partial charge in [-0.2, -0.15) is 0 Å². The number of fused-ring (bicyclic) bond motifs is 1. The molecule has 0 aliphatic heterocycles. The molecule has 1 aromatic carbocycles. The number of furan rings is 1. The average molecular weight is 314 g/mol. The fourth-order valence-electron chi connectivity index (χ4n) is 2.12. The molecule has 0 amide bonds. The van der Waals surface area contributed by atoms with E-state index in [2.05, 4.69) is 0 Å². The van der Waals surface area contributed by atoms with Gasteiger partial charge in [0.15, 0.2) is 5.76 Å². The summed E-state index contributed by atoms with van der Waals surface area (Å²) in [5, 5.41) is 0.794. The lowest BCUT2D eigenvalue weighted by Gasteiger charge is -2.06. The summed E-state index contributed by atoms with van der Waals surface area (Å²) in [5.74, 6) is 0.417. The summed E-state index contributed by atoms with van der Waals surface area (Å²) in [6.07, 6.45) is 1.41. The van der Waals surface area contributed by atoms with Gasteiger partial charge in [0.2, 0.25) is 0 Å². The third kappa shape index (κ3) is 3.26. The molecule has 2 heterocycles. The SMILES string of the molecule is CCOC(=O)c1ccoc1COc1ccc2ccc(=O)oc2c1. The molecule has 0 spiro atoms. The number of rotatable bonds is 5. The summed E-state index contributed by atoms with van der Waals surface area (Å²) in [5.41, 5.74) is 0.338. The highest BCUT2D eigenvalue weighted by molar-refractivity contribution is 5.90. The van der Waals surface area contributed by atoms with Gasteiger partial charge in [-0.3, -0.25) is 0 Å². The first-order valence-electron chi connectivity index (χ1n) is 7.07. The lowest BCUT2D eigenvalue weighted by Crippen LogP contribution is -2.07. The van der Waals surface area contributed by atoms with Crippen LogP contribution in [0.4, 0.5) is 0 Å². The van der Waals surface area contributed by atoms with Gasteiger partial charge in [-0.05, 0) is 31.2 Å². The van der Waals surface area contributed by atoms with Gasteiger partial charge in [0, 0.05) is 17.5 Å². The largest absolute Gasteiger partial charge is 0.485 e. The van der Waals surface area contributed by atoms with Gasteiger partial charge < -0.3 is 18.3 Å². The molecule has 0 aliphatic rings. The van der Waals surface area contributed by atoms with E-state index in [1.165, 1.54) is 18.4 Å². The van der Waals surface area contributed by atoms with Gasteiger partial charge in [0.1, 0.15) is 23.5 Å². The van der Waals surface area contributed by atoms with Crippen molar-refractivity contribution in [2.75, 3.05) is 6.61 Å². The summed E-state index contributed by atoms with van der Waals surface area (Å²) in [6, 6.07) is 9.71. The number of esters is 1. The van der Waals surface area contributed by atoms with Crippen LogP contribution in [0.15, 0.2) is 56.3 Å². The summed E-state index contributed by atoms with van der Waals surface area (Å²) >= 11 is 0. The zero-order valence-electron chi connectivity index (χ0n) is 12.4. The fourth-order valence-corrected chi connectivity index (χ4v) is 2.12. The summed E-state index contributed by atoms with van der Waals surface area (Å²) in [6.45, 7) is 2.08. The number of ether oxygens (including phenoxy) is 2. The molecule has 0 radical (unpaired) electrons. The summed E-state index contributed by atoms with van der Waals surface area (Å²) < 4.78 is 20.9. The third-order valence-electron chi connectivity index (χ3n) is 3.21. The lowest BCUT2D eigenvalue weighted by molar-refractivity contribution is 0.0521. The molecule has 0 fully saturated rings. The van der Waals surface area contributed by atoms with E-state index >= 15 is 0 Å². The predicted molar refractivity (Wildman–Crippen MR) is 81.5 cm³/mol. The Hall–Kier alpha value is -3.02. The Labute approximate surface area is 131 Å². The molecular weight excluding hydrogens is 300 g/mol. The van der Waals surface area contributed by atoms with E-state index in [4.69, 9.17) is 18.3 Å². The molecule has 118 valence electrons. The fraction of sp³-hybridized carbons (Fsp3) is 0.176. The van der Waals surface area contributed by atoms with Crippen molar-refractivity contribution in [2.24, 2.45) is 0 Å². The zero-order chi connectivity index (χ0) is 16.2. The van der Waals surface area contributed by atoms with Crippen LogP contribution in [0.2, 0.25) is 0 Å². The molecule has 0 saturated carbocycles. The number of carbonyl (C=O) groups excluding carboxylic acids is 1. The molecule has 0 unspecified atom stereocenters. The Kier molecular flexibility index (Phi) is 4.14. The van der Waals surface area contributed by atoms with Gasteiger partial charge in [-0.15, -0.1) is 0 Å². The van der Waals surface area contributed by atoms with Crippen LogP contribution in [0.3, 0.4) is 0 Å². The molecule has 0 saturated heterocycles. The molecule has 2 aromatic heterocycles. The molecule has 0 N–H and O–H groups in total. The Morgan fingerprint density at radius 3 is 2.83 bits per heavy atom. The van der Waals surface area contributed by atoms with Gasteiger partial charge in [-0.1, -0.05) is 0 Å². The van der Waals surface area contributed by atoms with Crippen LogP contribution < -0.4 is 10.4 Å². The second-order valence-corrected chi connectivity index (χ2v) is 4.72. The zero-order valence-corrected chi connectivity index (χ0v) is 12.4. The monoisotopic (exact) mass is 314 g/mol. The Bertz CT molecular complexity index is 889. The second-order valence-electron chi connectivity index (χ2n) is 4.72. The Morgan fingerprint density at radius 2 is 2.00 bits per heavy atom. The first-order valence-corrected chi connectivity index (χ1v) is 7.07. The van der Waals surface area contributed by atoms with Crippen molar-refractivity contribution >= 4 is 16.9 Å². The molecule has 0 bridgehead atoms. The van der Waals surface area contributed by atoms with E-state index in [1.54, 1.807) is 31.2 Å². The molecule has 6 heteroatoms. The van der Waals surface area contributed by atoms with Gasteiger partial charge in [-0.25, -0.2) is 9.59 Å². The van der Waals surface area contributed by atoms with E-state index < -0.39 is 11.6 Å². The highest BCUT2D eigenvalue weighted by Crippen LogP contribution is 2.21. The topological polar surface area (TPSA) is 78.9 Å². The van der Waals surface area contributed by atoms with E-state index in [1.807, 2.05) is 0 Å².